The van der Waals surface area contributed by atoms with Gasteiger partial charge in [-0.15, -0.1) is 0 Å². The topological polar surface area (TPSA) is 52.5 Å². The lowest BCUT2D eigenvalue weighted by Crippen LogP contribution is -2.25. The van der Waals surface area contributed by atoms with E-state index < -0.39 is 6.10 Å². The maximum Gasteiger partial charge on any atom is 0.0914 e. The van der Waals surface area contributed by atoms with E-state index in [1.54, 1.807) is 0 Å². The minimum atomic E-state index is -0.515. The molecule has 3 heteroatoms. The van der Waals surface area contributed by atoms with Gasteiger partial charge in [0, 0.05) is 6.54 Å². The van der Waals surface area contributed by atoms with Crippen LogP contribution in [0.15, 0.2) is 42.5 Å². The van der Waals surface area contributed by atoms with E-state index in [4.69, 9.17) is 0 Å². The molecular weight excluding hydrogens is 250 g/mol. The van der Waals surface area contributed by atoms with Crippen molar-refractivity contribution in [2.75, 3.05) is 13.1 Å². The fourth-order valence-corrected chi connectivity index (χ4v) is 2.24. The highest BCUT2D eigenvalue weighted by Crippen LogP contribution is 2.20. The van der Waals surface area contributed by atoms with Crippen LogP contribution in [0.1, 0.15) is 31.4 Å². The molecule has 0 amide bonds. The zero-order chi connectivity index (χ0) is 14.4. The van der Waals surface area contributed by atoms with Gasteiger partial charge in [0.2, 0.25) is 0 Å². The number of aliphatic hydroxyl groups excluding tert-OH is 2. The fourth-order valence-electron chi connectivity index (χ4n) is 2.24. The molecule has 0 saturated carbocycles. The molecule has 0 heterocycles. The van der Waals surface area contributed by atoms with Crippen LogP contribution in [0.25, 0.3) is 10.8 Å². The van der Waals surface area contributed by atoms with Gasteiger partial charge in [-0.05, 0) is 41.8 Å². The quantitative estimate of drug-likeness (QED) is 0.680. The molecule has 0 aromatic heterocycles. The van der Waals surface area contributed by atoms with E-state index in [1.165, 1.54) is 5.39 Å². The zero-order valence-electron chi connectivity index (χ0n) is 11.9. The van der Waals surface area contributed by atoms with Crippen molar-refractivity contribution in [2.45, 2.75) is 32.0 Å². The maximum absolute atomic E-state index is 10.2. The first-order valence-corrected chi connectivity index (χ1v) is 7.26. The minimum Gasteiger partial charge on any atom is -0.393 e. The van der Waals surface area contributed by atoms with Crippen LogP contribution in [0.3, 0.4) is 0 Å². The first kappa shape index (κ1) is 15.0. The minimum absolute atomic E-state index is 0.250. The van der Waals surface area contributed by atoms with Gasteiger partial charge in [-0.3, -0.25) is 0 Å². The van der Waals surface area contributed by atoms with Crippen LogP contribution in [0.2, 0.25) is 0 Å². The molecule has 0 spiro atoms. The van der Waals surface area contributed by atoms with Crippen LogP contribution in [-0.2, 0) is 0 Å². The Hall–Kier alpha value is -1.42. The first-order valence-electron chi connectivity index (χ1n) is 7.26. The van der Waals surface area contributed by atoms with Crippen molar-refractivity contribution in [3.05, 3.63) is 48.0 Å². The van der Waals surface area contributed by atoms with Gasteiger partial charge in [-0.25, -0.2) is 0 Å². The lowest BCUT2D eigenvalue weighted by atomic mass is 10.0. The highest BCUT2D eigenvalue weighted by Gasteiger charge is 2.08. The standard InChI is InChI=1S/C17H23NO2/c1-2-16(19)9-10-18-12-17(20)15-8-7-13-5-3-4-6-14(13)11-15/h3-8,11,16-20H,2,9-10,12H2,1H3. The molecule has 0 aliphatic heterocycles. The Morgan fingerprint density at radius 1 is 1.05 bits per heavy atom. The summed E-state index contributed by atoms with van der Waals surface area (Å²) in [4.78, 5) is 0. The molecule has 2 aromatic carbocycles. The molecule has 2 rings (SSSR count). The third kappa shape index (κ3) is 4.04. The number of fused-ring (bicyclic) bond motifs is 1. The van der Waals surface area contributed by atoms with Crippen LogP contribution < -0.4 is 5.32 Å². The van der Waals surface area contributed by atoms with Gasteiger partial charge in [0.05, 0.1) is 12.2 Å². The molecule has 3 N–H and O–H groups in total. The third-order valence-corrected chi connectivity index (χ3v) is 3.62. The Morgan fingerprint density at radius 2 is 1.80 bits per heavy atom. The Balaban J connectivity index is 1.89. The number of hydrogen-bond acceptors (Lipinski definition) is 3. The summed E-state index contributed by atoms with van der Waals surface area (Å²) < 4.78 is 0. The summed E-state index contributed by atoms with van der Waals surface area (Å²) in [5, 5.41) is 25.1. The normalized spacial score (nSPS) is 14.3. The molecule has 2 atom stereocenters. The Kier molecular flexibility index (Phi) is 5.53. The first-order chi connectivity index (χ1) is 9.70. The van der Waals surface area contributed by atoms with E-state index in [1.807, 2.05) is 37.3 Å². The lowest BCUT2D eigenvalue weighted by Gasteiger charge is -2.14. The van der Waals surface area contributed by atoms with Crippen LogP contribution in [0.5, 0.6) is 0 Å². The second kappa shape index (κ2) is 7.39. The van der Waals surface area contributed by atoms with E-state index in [2.05, 4.69) is 17.4 Å². The predicted molar refractivity (Wildman–Crippen MR) is 82.7 cm³/mol. The number of nitrogens with one attached hydrogen (secondary N) is 1. The van der Waals surface area contributed by atoms with Crippen molar-refractivity contribution in [2.24, 2.45) is 0 Å². The van der Waals surface area contributed by atoms with Crippen molar-refractivity contribution in [3.8, 4) is 0 Å². The molecule has 0 radical (unpaired) electrons. The van der Waals surface area contributed by atoms with Crippen molar-refractivity contribution < 1.29 is 10.2 Å². The molecule has 0 aliphatic rings. The van der Waals surface area contributed by atoms with Gasteiger partial charge in [-0.2, -0.15) is 0 Å². The average Bonchev–Trinajstić information content (AvgIpc) is 2.50. The summed E-state index contributed by atoms with van der Waals surface area (Å²) in [6.07, 6.45) is 0.731. The Bertz CT molecular complexity index is 541. The molecule has 0 bridgehead atoms. The maximum atomic E-state index is 10.2. The van der Waals surface area contributed by atoms with Gasteiger partial charge in [0.25, 0.3) is 0 Å². The van der Waals surface area contributed by atoms with Crippen molar-refractivity contribution in [1.82, 2.24) is 5.32 Å². The molecule has 0 aliphatic carbocycles. The lowest BCUT2D eigenvalue weighted by molar-refractivity contribution is 0.150. The highest BCUT2D eigenvalue weighted by atomic mass is 16.3. The van der Waals surface area contributed by atoms with Gasteiger partial charge < -0.3 is 15.5 Å². The fraction of sp³-hybridized carbons (Fsp3) is 0.412. The van der Waals surface area contributed by atoms with Gasteiger partial charge >= 0.3 is 0 Å². The summed E-state index contributed by atoms with van der Waals surface area (Å²) in [6, 6.07) is 14.2. The van der Waals surface area contributed by atoms with Crippen LogP contribution in [0, 0.1) is 0 Å². The molecule has 3 nitrogen and oxygen atoms in total. The molecule has 108 valence electrons. The summed E-state index contributed by atoms with van der Waals surface area (Å²) in [7, 11) is 0. The molecule has 20 heavy (non-hydrogen) atoms. The Labute approximate surface area is 120 Å². The third-order valence-electron chi connectivity index (χ3n) is 3.62. The second-order valence-electron chi connectivity index (χ2n) is 5.18. The Morgan fingerprint density at radius 3 is 2.55 bits per heavy atom. The molecule has 0 saturated heterocycles. The van der Waals surface area contributed by atoms with Gasteiger partial charge in [-0.1, -0.05) is 43.3 Å². The van der Waals surface area contributed by atoms with Crippen molar-refractivity contribution >= 4 is 10.8 Å². The van der Waals surface area contributed by atoms with E-state index in [0.29, 0.717) is 6.54 Å². The van der Waals surface area contributed by atoms with Crippen LogP contribution in [-0.4, -0.2) is 29.4 Å². The van der Waals surface area contributed by atoms with Crippen LogP contribution in [0.4, 0.5) is 0 Å². The predicted octanol–water partition coefficient (Wildman–Crippen LogP) is 2.62. The van der Waals surface area contributed by atoms with E-state index in [-0.39, 0.29) is 6.10 Å². The molecule has 2 aromatic rings. The average molecular weight is 273 g/mol. The van der Waals surface area contributed by atoms with Gasteiger partial charge in [0.1, 0.15) is 0 Å². The second-order valence-corrected chi connectivity index (χ2v) is 5.18. The van der Waals surface area contributed by atoms with Crippen LogP contribution >= 0.6 is 0 Å². The number of aliphatic hydroxyl groups is 2. The zero-order valence-corrected chi connectivity index (χ0v) is 11.9. The summed E-state index contributed by atoms with van der Waals surface area (Å²) >= 11 is 0. The van der Waals surface area contributed by atoms with Gasteiger partial charge in [0.15, 0.2) is 0 Å². The highest BCUT2D eigenvalue weighted by molar-refractivity contribution is 5.83. The molecule has 2 unspecified atom stereocenters. The molecular formula is C17H23NO2. The molecule has 0 fully saturated rings. The SMILES string of the molecule is CCC(O)CCNCC(O)c1ccc2ccccc2c1. The van der Waals surface area contributed by atoms with Crippen molar-refractivity contribution in [3.63, 3.8) is 0 Å². The number of benzene rings is 2. The largest absolute Gasteiger partial charge is 0.393 e. The smallest absolute Gasteiger partial charge is 0.0914 e. The monoisotopic (exact) mass is 273 g/mol. The number of rotatable bonds is 7. The van der Waals surface area contributed by atoms with E-state index in [9.17, 15) is 10.2 Å². The number of hydrogen-bond donors (Lipinski definition) is 3. The van der Waals surface area contributed by atoms with E-state index in [0.717, 1.165) is 30.3 Å². The van der Waals surface area contributed by atoms with E-state index >= 15 is 0 Å². The van der Waals surface area contributed by atoms with Crippen molar-refractivity contribution in [1.29, 1.82) is 0 Å². The summed E-state index contributed by atoms with van der Waals surface area (Å²) in [6.45, 7) is 3.20. The summed E-state index contributed by atoms with van der Waals surface area (Å²) in [5.41, 5.74) is 0.923. The summed E-state index contributed by atoms with van der Waals surface area (Å²) in [5.74, 6) is 0.